The number of anilines is 2. The summed E-state index contributed by atoms with van der Waals surface area (Å²) in [4.78, 5) is 40.0. The molecule has 36 heavy (non-hydrogen) atoms. The summed E-state index contributed by atoms with van der Waals surface area (Å²) >= 11 is 7.63. The summed E-state index contributed by atoms with van der Waals surface area (Å²) in [6.45, 7) is 0.437. The molecule has 1 fully saturated rings. The van der Waals surface area contributed by atoms with Crippen molar-refractivity contribution in [2.75, 3.05) is 16.8 Å². The van der Waals surface area contributed by atoms with Crippen molar-refractivity contribution >= 4 is 52.6 Å². The van der Waals surface area contributed by atoms with Gasteiger partial charge in [-0.1, -0.05) is 23.7 Å². The zero-order valence-electron chi connectivity index (χ0n) is 19.2. The van der Waals surface area contributed by atoms with E-state index in [4.69, 9.17) is 11.6 Å². The summed E-state index contributed by atoms with van der Waals surface area (Å²) in [7, 11) is 0. The average Bonchev–Trinajstić information content (AvgIpc) is 3.56. The fourth-order valence-electron chi connectivity index (χ4n) is 4.29. The number of aromatic nitrogens is 2. The van der Waals surface area contributed by atoms with Crippen LogP contribution in [0.15, 0.2) is 48.5 Å². The van der Waals surface area contributed by atoms with Crippen molar-refractivity contribution in [2.45, 2.75) is 31.0 Å². The van der Waals surface area contributed by atoms with Gasteiger partial charge in [0.1, 0.15) is 18.2 Å². The fourth-order valence-corrected chi connectivity index (χ4v) is 5.45. The number of hydrogen-bond donors (Lipinski definition) is 2. The van der Waals surface area contributed by atoms with Gasteiger partial charge in [0.15, 0.2) is 0 Å². The summed E-state index contributed by atoms with van der Waals surface area (Å²) < 4.78 is 14.6. The molecule has 0 saturated carbocycles. The summed E-state index contributed by atoms with van der Waals surface area (Å²) in [5.41, 5.74) is 3.21. The summed E-state index contributed by atoms with van der Waals surface area (Å²) in [6, 6.07) is 12.8. The molecule has 1 atom stereocenters. The van der Waals surface area contributed by atoms with E-state index in [0.29, 0.717) is 28.0 Å². The van der Waals surface area contributed by atoms with E-state index in [-0.39, 0.29) is 49.6 Å². The number of fused-ring (bicyclic) bond motifs is 1. The summed E-state index contributed by atoms with van der Waals surface area (Å²) in [5, 5.41) is 10.9. The van der Waals surface area contributed by atoms with Crippen LogP contribution in [-0.2, 0) is 39.0 Å². The minimum absolute atomic E-state index is 0.0744. The van der Waals surface area contributed by atoms with E-state index in [1.54, 1.807) is 53.1 Å². The van der Waals surface area contributed by atoms with Gasteiger partial charge >= 0.3 is 0 Å². The quantitative estimate of drug-likeness (QED) is 0.488. The molecule has 1 aromatic heterocycles. The number of carbonyl (C=O) groups excluding carboxylic acids is 3. The zero-order valence-corrected chi connectivity index (χ0v) is 20.7. The molecule has 3 heterocycles. The normalized spacial score (nSPS) is 16.8. The molecule has 1 saturated heterocycles. The van der Waals surface area contributed by atoms with Crippen LogP contribution in [0.5, 0.6) is 0 Å². The zero-order chi connectivity index (χ0) is 25.2. The monoisotopic (exact) mass is 527 g/mol. The summed E-state index contributed by atoms with van der Waals surface area (Å²) in [6.07, 6.45) is 0.0949. The molecule has 3 amide bonds. The number of benzene rings is 2. The Labute approximate surface area is 216 Å². The molecule has 2 aliphatic rings. The molecule has 11 heteroatoms. The van der Waals surface area contributed by atoms with Crippen molar-refractivity contribution in [2.24, 2.45) is 5.92 Å². The standard InChI is InChI=1S/C25H23ClFN5O3S/c26-17-3-7-19(8-4-17)31-11-16(9-23(31)34)25(35)29-24-20-13-36-14-21(20)30-32(24)12-22(33)28-10-15-1-5-18(27)6-2-15/h1-8,16H,9-14H2,(H,28,33)(H,29,35). The van der Waals surface area contributed by atoms with Crippen LogP contribution in [0.1, 0.15) is 23.2 Å². The molecule has 0 bridgehead atoms. The van der Waals surface area contributed by atoms with E-state index in [1.807, 2.05) is 0 Å². The van der Waals surface area contributed by atoms with Crippen LogP contribution in [0.4, 0.5) is 15.9 Å². The first-order chi connectivity index (χ1) is 17.4. The lowest BCUT2D eigenvalue weighted by atomic mass is 10.1. The van der Waals surface area contributed by atoms with Gasteiger partial charge in [-0.05, 0) is 42.0 Å². The molecule has 0 radical (unpaired) electrons. The van der Waals surface area contributed by atoms with Crippen molar-refractivity contribution in [3.63, 3.8) is 0 Å². The number of amides is 3. The van der Waals surface area contributed by atoms with E-state index >= 15 is 0 Å². The second kappa shape index (κ2) is 10.3. The number of nitrogens with one attached hydrogen (secondary N) is 2. The van der Waals surface area contributed by atoms with Crippen molar-refractivity contribution in [1.82, 2.24) is 15.1 Å². The molecule has 2 aromatic carbocycles. The van der Waals surface area contributed by atoms with Crippen molar-refractivity contribution in [3.8, 4) is 0 Å². The first-order valence-electron chi connectivity index (χ1n) is 11.4. The molecule has 2 aliphatic heterocycles. The third-order valence-electron chi connectivity index (χ3n) is 6.19. The highest BCUT2D eigenvalue weighted by molar-refractivity contribution is 7.98. The van der Waals surface area contributed by atoms with Crippen LogP contribution in [0, 0.1) is 11.7 Å². The minimum atomic E-state index is -0.534. The van der Waals surface area contributed by atoms with Gasteiger partial charge in [0.25, 0.3) is 0 Å². The molecule has 186 valence electrons. The fraction of sp³-hybridized carbons (Fsp3) is 0.280. The van der Waals surface area contributed by atoms with Gasteiger partial charge in [0.05, 0.1) is 11.6 Å². The Balaban J connectivity index is 1.25. The maximum atomic E-state index is 13.2. The van der Waals surface area contributed by atoms with Crippen LogP contribution in [-0.4, -0.2) is 34.0 Å². The van der Waals surface area contributed by atoms with E-state index in [0.717, 1.165) is 16.8 Å². The van der Waals surface area contributed by atoms with Gasteiger partial charge < -0.3 is 15.5 Å². The van der Waals surface area contributed by atoms with Crippen LogP contribution in [0.3, 0.4) is 0 Å². The Bertz CT molecular complexity index is 1310. The minimum Gasteiger partial charge on any atom is -0.350 e. The van der Waals surface area contributed by atoms with Gasteiger partial charge in [-0.3, -0.25) is 14.4 Å². The van der Waals surface area contributed by atoms with E-state index in [9.17, 15) is 18.8 Å². The molecule has 5 rings (SSSR count). The highest BCUT2D eigenvalue weighted by Crippen LogP contribution is 2.35. The topological polar surface area (TPSA) is 96.3 Å². The Morgan fingerprint density at radius 1 is 1.11 bits per heavy atom. The van der Waals surface area contributed by atoms with E-state index in [1.165, 1.54) is 16.8 Å². The smallest absolute Gasteiger partial charge is 0.242 e. The highest BCUT2D eigenvalue weighted by atomic mass is 35.5. The number of hydrogen-bond acceptors (Lipinski definition) is 5. The SMILES string of the molecule is O=C(Cn1nc2c(c1NC(=O)C1CC(=O)N(c3ccc(Cl)cc3)C1)CSC2)NCc1ccc(F)cc1. The summed E-state index contributed by atoms with van der Waals surface area (Å²) in [5.74, 6) is 0.308. The van der Waals surface area contributed by atoms with Gasteiger partial charge in [-0.2, -0.15) is 16.9 Å². The number of nitrogens with zero attached hydrogens (tertiary/aromatic N) is 3. The molecule has 0 aliphatic carbocycles. The maximum Gasteiger partial charge on any atom is 0.242 e. The molecule has 8 nitrogen and oxygen atoms in total. The Hall–Kier alpha value is -3.37. The molecule has 2 N–H and O–H groups in total. The van der Waals surface area contributed by atoms with Crippen LogP contribution in [0.2, 0.25) is 5.02 Å². The van der Waals surface area contributed by atoms with E-state index < -0.39 is 5.92 Å². The predicted octanol–water partition coefficient (Wildman–Crippen LogP) is 3.73. The number of carbonyl (C=O) groups is 3. The molecular weight excluding hydrogens is 505 g/mol. The largest absolute Gasteiger partial charge is 0.350 e. The van der Waals surface area contributed by atoms with Gasteiger partial charge in [-0.25, -0.2) is 9.07 Å². The van der Waals surface area contributed by atoms with E-state index in [2.05, 4.69) is 15.7 Å². The van der Waals surface area contributed by atoms with Gasteiger partial charge in [0, 0.05) is 47.3 Å². The Morgan fingerprint density at radius 3 is 2.61 bits per heavy atom. The second-order valence-corrected chi connectivity index (χ2v) is 10.1. The van der Waals surface area contributed by atoms with Crippen molar-refractivity contribution in [1.29, 1.82) is 0 Å². The Morgan fingerprint density at radius 2 is 1.86 bits per heavy atom. The Kier molecular flexibility index (Phi) is 6.97. The number of thioether (sulfide) groups is 1. The van der Waals surface area contributed by atoms with Gasteiger partial charge in [-0.15, -0.1) is 0 Å². The lowest BCUT2D eigenvalue weighted by Crippen LogP contribution is -2.31. The maximum absolute atomic E-state index is 13.2. The molecule has 3 aromatic rings. The van der Waals surface area contributed by atoms with Crippen LogP contribution < -0.4 is 15.5 Å². The predicted molar refractivity (Wildman–Crippen MR) is 136 cm³/mol. The van der Waals surface area contributed by atoms with Gasteiger partial charge in [0.2, 0.25) is 17.7 Å². The molecule has 0 spiro atoms. The molecular formula is C25H23ClFN5O3S. The average molecular weight is 528 g/mol. The van der Waals surface area contributed by atoms with Crippen molar-refractivity contribution < 1.29 is 18.8 Å². The third kappa shape index (κ3) is 5.24. The first-order valence-corrected chi connectivity index (χ1v) is 12.9. The number of halogens is 2. The lowest BCUT2D eigenvalue weighted by Gasteiger charge is -2.17. The molecule has 1 unspecified atom stereocenters. The van der Waals surface area contributed by atoms with Crippen LogP contribution in [0.25, 0.3) is 0 Å². The first kappa shape index (κ1) is 24.3. The van der Waals surface area contributed by atoms with Crippen molar-refractivity contribution in [3.05, 3.63) is 76.2 Å². The van der Waals surface area contributed by atoms with Crippen LogP contribution >= 0.6 is 23.4 Å². The second-order valence-electron chi connectivity index (χ2n) is 8.70. The highest BCUT2D eigenvalue weighted by Gasteiger charge is 2.36. The number of rotatable bonds is 7. The third-order valence-corrected chi connectivity index (χ3v) is 7.41. The lowest BCUT2D eigenvalue weighted by molar-refractivity contribution is -0.122.